The Labute approximate surface area is 220 Å². The van der Waals surface area contributed by atoms with Crippen LogP contribution >= 0.6 is 0 Å². The van der Waals surface area contributed by atoms with Crippen LogP contribution in [-0.4, -0.2) is 13.1 Å². The van der Waals surface area contributed by atoms with E-state index in [-0.39, 0.29) is 16.8 Å². The second-order valence-corrected chi connectivity index (χ2v) is 10.7. The Morgan fingerprint density at radius 1 is 0.568 bits per heavy atom. The van der Waals surface area contributed by atoms with Crippen molar-refractivity contribution in [2.75, 3.05) is 7.11 Å². The maximum atomic E-state index is 12.5. The van der Waals surface area contributed by atoms with Crippen molar-refractivity contribution in [3.8, 4) is 22.3 Å². The van der Waals surface area contributed by atoms with Gasteiger partial charge < -0.3 is 4.74 Å². The normalized spacial score (nSPS) is 15.4. The van der Waals surface area contributed by atoms with Crippen LogP contribution in [0.25, 0.3) is 22.3 Å². The van der Waals surface area contributed by atoms with Crippen LogP contribution in [0.4, 0.5) is 0 Å². The second kappa shape index (κ2) is 9.34. The molecule has 2 aliphatic carbocycles. The number of carbonyl (C=O) groups is 1. The van der Waals surface area contributed by atoms with Gasteiger partial charge in [0.05, 0.1) is 7.11 Å². The third-order valence-corrected chi connectivity index (χ3v) is 8.99. The average Bonchev–Trinajstić information content (AvgIpc) is 3.39. The van der Waals surface area contributed by atoms with E-state index in [0.29, 0.717) is 6.42 Å². The highest BCUT2D eigenvalue weighted by Crippen LogP contribution is 2.58. The van der Waals surface area contributed by atoms with E-state index in [1.807, 2.05) is 0 Å². The van der Waals surface area contributed by atoms with Gasteiger partial charge in [0.1, 0.15) is 0 Å². The molecule has 0 heterocycles. The lowest BCUT2D eigenvalue weighted by atomic mass is 9.64. The van der Waals surface area contributed by atoms with Gasteiger partial charge in [-0.2, -0.15) is 0 Å². The number of rotatable bonds is 8. The van der Waals surface area contributed by atoms with Gasteiger partial charge in [0.2, 0.25) is 0 Å². The monoisotopic (exact) mass is 486 g/mol. The fourth-order valence-corrected chi connectivity index (χ4v) is 7.43. The number of methoxy groups -OCH3 is 1. The van der Waals surface area contributed by atoms with Crippen LogP contribution < -0.4 is 0 Å². The molecule has 2 aliphatic rings. The molecule has 0 N–H and O–H groups in total. The van der Waals surface area contributed by atoms with Crippen LogP contribution in [0, 0.1) is 0 Å². The first-order valence-electron chi connectivity index (χ1n) is 13.6. The maximum absolute atomic E-state index is 12.5. The minimum Gasteiger partial charge on any atom is -0.469 e. The SMILES string of the molecule is CCCC1(CCC2(CCC(=O)OC)c3ccccc3-c3ccccc32)c2ccccc2-c2ccccc21. The van der Waals surface area contributed by atoms with Crippen LogP contribution in [0.15, 0.2) is 97.1 Å². The molecule has 186 valence electrons. The molecule has 0 fully saturated rings. The van der Waals surface area contributed by atoms with Crippen LogP contribution in [0.1, 0.15) is 67.7 Å². The van der Waals surface area contributed by atoms with Crippen molar-refractivity contribution in [2.24, 2.45) is 0 Å². The van der Waals surface area contributed by atoms with Crippen molar-refractivity contribution in [1.82, 2.24) is 0 Å². The first-order valence-corrected chi connectivity index (χ1v) is 13.6. The molecule has 2 heteroatoms. The summed E-state index contributed by atoms with van der Waals surface area (Å²) in [5.41, 5.74) is 10.7. The Balaban J connectivity index is 1.50. The van der Waals surface area contributed by atoms with Gasteiger partial charge in [-0.1, -0.05) is 110 Å². The summed E-state index contributed by atoms with van der Waals surface area (Å²) in [7, 11) is 1.49. The molecule has 0 aliphatic heterocycles. The smallest absolute Gasteiger partial charge is 0.305 e. The number of fused-ring (bicyclic) bond motifs is 6. The van der Waals surface area contributed by atoms with Gasteiger partial charge in [0, 0.05) is 17.3 Å². The van der Waals surface area contributed by atoms with Gasteiger partial charge >= 0.3 is 5.97 Å². The first kappa shape index (κ1) is 23.7. The minimum atomic E-state index is -0.228. The van der Waals surface area contributed by atoms with Crippen molar-refractivity contribution in [3.63, 3.8) is 0 Å². The quantitative estimate of drug-likeness (QED) is 0.234. The lowest BCUT2D eigenvalue weighted by molar-refractivity contribution is -0.141. The Morgan fingerprint density at radius 2 is 0.919 bits per heavy atom. The fraction of sp³-hybridized carbons (Fsp3) is 0.286. The van der Waals surface area contributed by atoms with Crippen LogP contribution in [0.3, 0.4) is 0 Å². The summed E-state index contributed by atoms with van der Waals surface area (Å²) in [5.74, 6) is -0.138. The van der Waals surface area contributed by atoms with E-state index in [1.165, 1.54) is 51.6 Å². The third-order valence-electron chi connectivity index (χ3n) is 8.99. The summed E-state index contributed by atoms with van der Waals surface area (Å²) < 4.78 is 5.12. The second-order valence-electron chi connectivity index (χ2n) is 10.7. The number of esters is 1. The lowest BCUT2D eigenvalue weighted by Gasteiger charge is -2.38. The number of ether oxygens (including phenoxy) is 1. The van der Waals surface area contributed by atoms with Crippen molar-refractivity contribution in [1.29, 1.82) is 0 Å². The zero-order valence-electron chi connectivity index (χ0n) is 21.8. The molecule has 6 rings (SSSR count). The van der Waals surface area contributed by atoms with Gasteiger partial charge in [-0.25, -0.2) is 0 Å². The lowest BCUT2D eigenvalue weighted by Crippen LogP contribution is -2.32. The molecule has 37 heavy (non-hydrogen) atoms. The molecule has 4 aromatic carbocycles. The predicted molar refractivity (Wildman–Crippen MR) is 151 cm³/mol. The summed E-state index contributed by atoms with van der Waals surface area (Å²) in [5, 5.41) is 0. The Kier molecular flexibility index (Phi) is 5.99. The summed E-state index contributed by atoms with van der Waals surface area (Å²) in [4.78, 5) is 12.5. The van der Waals surface area contributed by atoms with E-state index in [0.717, 1.165) is 32.1 Å². The highest BCUT2D eigenvalue weighted by atomic mass is 16.5. The Hall–Kier alpha value is -3.65. The average molecular weight is 487 g/mol. The van der Waals surface area contributed by atoms with Gasteiger partial charge in [-0.3, -0.25) is 4.79 Å². The molecular formula is C35H34O2. The van der Waals surface area contributed by atoms with Crippen LogP contribution in [0.2, 0.25) is 0 Å². The molecule has 0 bridgehead atoms. The number of benzene rings is 4. The number of hydrogen-bond acceptors (Lipinski definition) is 2. The van der Waals surface area contributed by atoms with E-state index >= 15 is 0 Å². The maximum Gasteiger partial charge on any atom is 0.305 e. The minimum absolute atomic E-state index is 0.0350. The molecule has 0 atom stereocenters. The van der Waals surface area contributed by atoms with Crippen molar-refractivity contribution in [3.05, 3.63) is 119 Å². The predicted octanol–water partition coefficient (Wildman–Crippen LogP) is 8.45. The van der Waals surface area contributed by atoms with E-state index in [1.54, 1.807) is 0 Å². The number of carbonyl (C=O) groups excluding carboxylic acids is 1. The molecule has 0 unspecified atom stereocenters. The van der Waals surface area contributed by atoms with E-state index < -0.39 is 0 Å². The van der Waals surface area contributed by atoms with Crippen molar-refractivity contribution in [2.45, 2.75) is 56.3 Å². The van der Waals surface area contributed by atoms with Crippen LogP contribution in [0.5, 0.6) is 0 Å². The van der Waals surface area contributed by atoms with Gasteiger partial charge in [-0.05, 0) is 70.2 Å². The van der Waals surface area contributed by atoms with E-state index in [4.69, 9.17) is 4.74 Å². The Morgan fingerprint density at radius 3 is 1.27 bits per heavy atom. The fourth-order valence-electron chi connectivity index (χ4n) is 7.43. The first-order chi connectivity index (χ1) is 18.1. The van der Waals surface area contributed by atoms with E-state index in [9.17, 15) is 4.79 Å². The molecule has 0 amide bonds. The van der Waals surface area contributed by atoms with Gasteiger partial charge in [0.25, 0.3) is 0 Å². The zero-order chi connectivity index (χ0) is 25.5. The van der Waals surface area contributed by atoms with Gasteiger partial charge in [0.15, 0.2) is 0 Å². The number of hydrogen-bond donors (Lipinski definition) is 0. The third kappa shape index (κ3) is 3.57. The summed E-state index contributed by atoms with van der Waals surface area (Å²) in [6, 6.07) is 35.6. The standard InChI is InChI=1S/C35H34O2/c1-3-21-34(29-16-8-4-12-25(29)26-13-5-9-17-30(26)34)23-24-35(22-20-33(36)37-2)31-18-10-6-14-27(31)28-15-7-11-19-32(28)35/h4-19H,3,20-24H2,1-2H3. The summed E-state index contributed by atoms with van der Waals surface area (Å²) in [6.07, 6.45) is 5.38. The summed E-state index contributed by atoms with van der Waals surface area (Å²) in [6.45, 7) is 2.30. The van der Waals surface area contributed by atoms with Gasteiger partial charge in [-0.15, -0.1) is 0 Å². The molecule has 0 saturated heterocycles. The molecular weight excluding hydrogens is 452 g/mol. The van der Waals surface area contributed by atoms with E-state index in [2.05, 4.69) is 104 Å². The highest BCUT2D eigenvalue weighted by molar-refractivity contribution is 5.83. The Bertz CT molecular complexity index is 1370. The molecule has 2 nitrogen and oxygen atoms in total. The largest absolute Gasteiger partial charge is 0.469 e. The zero-order valence-corrected chi connectivity index (χ0v) is 21.8. The topological polar surface area (TPSA) is 26.3 Å². The van der Waals surface area contributed by atoms with Crippen molar-refractivity contribution < 1.29 is 9.53 Å². The molecule has 4 aromatic rings. The molecule has 0 aromatic heterocycles. The molecule has 0 radical (unpaired) electrons. The van der Waals surface area contributed by atoms with Crippen LogP contribution in [-0.2, 0) is 20.4 Å². The van der Waals surface area contributed by atoms with Crippen molar-refractivity contribution >= 4 is 5.97 Å². The summed E-state index contributed by atoms with van der Waals surface area (Å²) >= 11 is 0. The highest BCUT2D eigenvalue weighted by Gasteiger charge is 2.47. The molecule has 0 spiro atoms. The molecule has 0 saturated carbocycles.